The minimum absolute atomic E-state index is 0.00711. The maximum absolute atomic E-state index is 14.5. The molecule has 13 heteroatoms. The van der Waals surface area contributed by atoms with Gasteiger partial charge in [-0.05, 0) is 47.9 Å². The average Bonchev–Trinajstić information content (AvgIpc) is 3.73. The lowest BCUT2D eigenvalue weighted by Crippen LogP contribution is -2.53. The normalized spacial score (nSPS) is 22.8. The highest BCUT2D eigenvalue weighted by atomic mass is 32.2. The molecule has 0 aromatic heterocycles. The van der Waals surface area contributed by atoms with Crippen molar-refractivity contribution in [2.24, 2.45) is 17.3 Å². The molecule has 4 N–H and O–H groups in total. The number of aliphatic hydroxyl groups is 1. The number of anilines is 1. The highest BCUT2D eigenvalue weighted by molar-refractivity contribution is 7.89. The number of hydrogen-bond acceptors (Lipinski definition) is 9. The molecule has 2 aromatic carbocycles. The second-order valence-electron chi connectivity index (χ2n) is 14.3. The number of ether oxygens (including phenoxy) is 3. The number of nitrogens with zero attached hydrogens (tertiary/aromatic N) is 1. The molecule has 2 aromatic rings. The van der Waals surface area contributed by atoms with Gasteiger partial charge in [-0.2, -0.15) is 4.31 Å². The van der Waals surface area contributed by atoms with Crippen molar-refractivity contribution in [2.45, 2.75) is 76.9 Å². The Hall–Kier alpha value is -3.49. The zero-order valence-electron chi connectivity index (χ0n) is 28.3. The van der Waals surface area contributed by atoms with E-state index < -0.39 is 34.4 Å². The average molecular weight is 685 g/mol. The van der Waals surface area contributed by atoms with Gasteiger partial charge in [0.15, 0.2) is 6.29 Å². The van der Waals surface area contributed by atoms with Gasteiger partial charge in [-0.25, -0.2) is 13.2 Å². The maximum Gasteiger partial charge on any atom is 0.407 e. The van der Waals surface area contributed by atoms with Crippen molar-refractivity contribution < 1.29 is 37.3 Å². The molecule has 3 aliphatic rings. The Bertz CT molecular complexity index is 1590. The molecule has 2 saturated heterocycles. The van der Waals surface area contributed by atoms with Crippen LogP contribution in [0.5, 0.6) is 0 Å². The summed E-state index contributed by atoms with van der Waals surface area (Å²) in [5.74, 6) is -0.460. The standard InChI is InChI=1S/C35H48N4O8S/c1-22(2)19-39(48(43,44)24-11-12-28-26(16-24)27(32(41)38-28)17-36-21-35(3,4)5)29(15-23-9-7-6-8-10-23)30(40)18-37-34(42)47-31-20-46-33-25(31)13-14-45-33/h6-12,16-17,22,25,29-31,33,36,40H,13-15,18-21H2,1-5H3,(H,37,42)(H,38,41). The Labute approximate surface area is 283 Å². The van der Waals surface area contributed by atoms with Gasteiger partial charge in [0.05, 0.1) is 41.7 Å². The van der Waals surface area contributed by atoms with Gasteiger partial charge in [0.25, 0.3) is 5.91 Å². The third-order valence-electron chi connectivity index (χ3n) is 8.61. The molecule has 0 bridgehead atoms. The second-order valence-corrected chi connectivity index (χ2v) is 16.2. The highest BCUT2D eigenvalue weighted by Gasteiger charge is 2.44. The van der Waals surface area contributed by atoms with Crippen molar-refractivity contribution in [1.29, 1.82) is 0 Å². The van der Waals surface area contributed by atoms with Crippen LogP contribution < -0.4 is 16.0 Å². The molecule has 12 nitrogen and oxygen atoms in total. The summed E-state index contributed by atoms with van der Waals surface area (Å²) < 4.78 is 47.1. The molecule has 5 atom stereocenters. The third-order valence-corrected chi connectivity index (χ3v) is 10.5. The minimum atomic E-state index is -4.22. The first-order chi connectivity index (χ1) is 22.7. The predicted molar refractivity (Wildman–Crippen MR) is 181 cm³/mol. The summed E-state index contributed by atoms with van der Waals surface area (Å²) in [4.78, 5) is 25.7. The van der Waals surface area contributed by atoms with Crippen LogP contribution >= 0.6 is 0 Å². The van der Waals surface area contributed by atoms with E-state index in [2.05, 4.69) is 36.7 Å². The number of rotatable bonds is 13. The molecular formula is C35H48N4O8S. The van der Waals surface area contributed by atoms with Crippen molar-refractivity contribution >= 4 is 33.3 Å². The van der Waals surface area contributed by atoms with E-state index in [0.717, 1.165) is 12.0 Å². The van der Waals surface area contributed by atoms with E-state index in [1.165, 1.54) is 16.4 Å². The van der Waals surface area contributed by atoms with Crippen molar-refractivity contribution in [3.8, 4) is 0 Å². The summed E-state index contributed by atoms with van der Waals surface area (Å²) in [5, 5.41) is 20.3. The van der Waals surface area contributed by atoms with Crippen LogP contribution in [0, 0.1) is 17.3 Å². The van der Waals surface area contributed by atoms with Crippen LogP contribution in [0.4, 0.5) is 10.5 Å². The number of fused-ring (bicyclic) bond motifs is 2. The molecule has 3 heterocycles. The molecule has 48 heavy (non-hydrogen) atoms. The number of carbonyl (C=O) groups is 2. The van der Waals surface area contributed by atoms with Gasteiger partial charge in [-0.15, -0.1) is 0 Å². The number of hydrogen-bond donors (Lipinski definition) is 4. The van der Waals surface area contributed by atoms with Crippen LogP contribution in [-0.2, 0) is 35.4 Å². The molecule has 5 rings (SSSR count). The van der Waals surface area contributed by atoms with Gasteiger partial charge in [-0.3, -0.25) is 4.79 Å². The van der Waals surface area contributed by atoms with E-state index in [0.29, 0.717) is 30.0 Å². The van der Waals surface area contributed by atoms with Crippen LogP contribution in [0.3, 0.4) is 0 Å². The number of aliphatic hydroxyl groups excluding tert-OH is 1. The van der Waals surface area contributed by atoms with Crippen molar-refractivity contribution in [3.63, 3.8) is 0 Å². The molecular weight excluding hydrogens is 636 g/mol. The Morgan fingerprint density at radius 1 is 1.17 bits per heavy atom. The number of alkyl carbamates (subject to hydrolysis) is 1. The van der Waals surface area contributed by atoms with Crippen LogP contribution in [0.25, 0.3) is 5.57 Å². The van der Waals surface area contributed by atoms with Crippen molar-refractivity contribution in [3.05, 3.63) is 65.9 Å². The summed E-state index contributed by atoms with van der Waals surface area (Å²) in [5.41, 5.74) is 2.12. The molecule has 0 radical (unpaired) electrons. The summed E-state index contributed by atoms with van der Waals surface area (Å²) >= 11 is 0. The molecule has 3 aliphatic heterocycles. The molecule has 262 valence electrons. The van der Waals surface area contributed by atoms with E-state index in [9.17, 15) is 23.1 Å². The topological polar surface area (TPSA) is 156 Å². The van der Waals surface area contributed by atoms with Crippen molar-refractivity contribution in [2.75, 3.05) is 38.2 Å². The van der Waals surface area contributed by atoms with Crippen molar-refractivity contribution in [1.82, 2.24) is 14.9 Å². The third kappa shape index (κ3) is 8.56. The minimum Gasteiger partial charge on any atom is -0.443 e. The first-order valence-electron chi connectivity index (χ1n) is 16.5. The van der Waals surface area contributed by atoms with Gasteiger partial charge in [-0.1, -0.05) is 65.0 Å². The first-order valence-corrected chi connectivity index (χ1v) is 18.0. The van der Waals surface area contributed by atoms with Gasteiger partial charge in [0.1, 0.15) is 6.10 Å². The van der Waals surface area contributed by atoms with Crippen LogP contribution in [0.15, 0.2) is 59.6 Å². The first kappa shape index (κ1) is 35.8. The van der Waals surface area contributed by atoms with E-state index in [1.807, 2.05) is 44.2 Å². The molecule has 2 fully saturated rings. The number of carbonyl (C=O) groups excluding carboxylic acids is 2. The summed E-state index contributed by atoms with van der Waals surface area (Å²) in [7, 11) is -4.22. The maximum atomic E-state index is 14.5. The zero-order valence-corrected chi connectivity index (χ0v) is 29.1. The van der Waals surface area contributed by atoms with E-state index in [1.54, 1.807) is 12.3 Å². The smallest absolute Gasteiger partial charge is 0.407 e. The summed E-state index contributed by atoms with van der Waals surface area (Å²) in [6, 6.07) is 12.9. The SMILES string of the molecule is CC(C)CN(C(Cc1ccccc1)C(O)CNC(=O)OC1COC2OCCC12)S(=O)(=O)c1ccc2c(c1)C(=CNCC(C)(C)C)C(=O)N2. The number of sulfonamides is 1. The summed E-state index contributed by atoms with van der Waals surface area (Å²) in [6.07, 6.45) is -0.308. The lowest BCUT2D eigenvalue weighted by atomic mass is 9.97. The lowest BCUT2D eigenvalue weighted by Gasteiger charge is -2.35. The Morgan fingerprint density at radius 3 is 2.62 bits per heavy atom. The van der Waals surface area contributed by atoms with Crippen LogP contribution in [-0.4, -0.2) is 87.2 Å². The Morgan fingerprint density at radius 2 is 1.92 bits per heavy atom. The molecule has 0 spiro atoms. The quantitative estimate of drug-likeness (QED) is 0.231. The molecule has 0 saturated carbocycles. The van der Waals surface area contributed by atoms with E-state index in [4.69, 9.17) is 14.2 Å². The molecule has 2 amide bonds. The Kier molecular flexibility index (Phi) is 11.2. The zero-order chi connectivity index (χ0) is 34.6. The van der Waals surface area contributed by atoms with Gasteiger partial charge in [0, 0.05) is 37.1 Å². The van der Waals surface area contributed by atoms with E-state index >= 15 is 0 Å². The predicted octanol–water partition coefficient (Wildman–Crippen LogP) is 3.72. The fourth-order valence-corrected chi connectivity index (χ4v) is 8.02. The van der Waals surface area contributed by atoms with Gasteiger partial charge >= 0.3 is 6.09 Å². The number of benzene rings is 2. The second kappa shape index (κ2) is 15.0. The largest absolute Gasteiger partial charge is 0.443 e. The lowest BCUT2D eigenvalue weighted by molar-refractivity contribution is -0.110. The van der Waals surface area contributed by atoms with Crippen LogP contribution in [0.1, 0.15) is 52.2 Å². The van der Waals surface area contributed by atoms with Gasteiger partial charge in [0.2, 0.25) is 10.0 Å². The molecule has 5 unspecified atom stereocenters. The molecule has 0 aliphatic carbocycles. The fourth-order valence-electron chi connectivity index (χ4n) is 6.17. The van der Waals surface area contributed by atoms with E-state index in [-0.39, 0.29) is 60.5 Å². The Balaban J connectivity index is 1.40. The number of amides is 2. The number of nitrogens with one attached hydrogen (secondary N) is 3. The van der Waals surface area contributed by atoms with Gasteiger partial charge < -0.3 is 35.3 Å². The summed E-state index contributed by atoms with van der Waals surface area (Å²) in [6.45, 7) is 11.3. The monoisotopic (exact) mass is 684 g/mol. The fraction of sp³-hybridized carbons (Fsp3) is 0.543. The van der Waals surface area contributed by atoms with Crippen LogP contribution in [0.2, 0.25) is 0 Å². The highest BCUT2D eigenvalue weighted by Crippen LogP contribution is 2.35.